The second-order valence-electron chi connectivity index (χ2n) is 3.68. The summed E-state index contributed by atoms with van der Waals surface area (Å²) in [5, 5.41) is 17.3. The fourth-order valence-electron chi connectivity index (χ4n) is 1.33. The van der Waals surface area contributed by atoms with Crippen LogP contribution in [0, 0.1) is 0 Å². The summed E-state index contributed by atoms with van der Waals surface area (Å²) < 4.78 is 31.1. The van der Waals surface area contributed by atoms with Crippen molar-refractivity contribution in [2.45, 2.75) is 4.90 Å². The highest BCUT2D eigenvalue weighted by Gasteiger charge is 2.19. The molecule has 1 rings (SSSR count). The van der Waals surface area contributed by atoms with Crippen LogP contribution < -0.4 is 4.72 Å². The second-order valence-corrected chi connectivity index (χ2v) is 5.83. The minimum atomic E-state index is -3.92. The number of ether oxygens (including phenoxy) is 1. The standard InChI is InChI=1S/C11H14ClNO6S/c12-9-2-1-8(11(15)16)7-10(9)20(17,18)13-3-5-19-6-4-14/h1-2,7,13-14H,3-6H2,(H,15,16). The first-order chi connectivity index (χ1) is 9.38. The van der Waals surface area contributed by atoms with E-state index in [2.05, 4.69) is 4.72 Å². The van der Waals surface area contributed by atoms with E-state index in [9.17, 15) is 13.2 Å². The van der Waals surface area contributed by atoms with Crippen molar-refractivity contribution in [1.82, 2.24) is 4.72 Å². The number of carboxylic acid groups (broad SMARTS) is 1. The monoisotopic (exact) mass is 323 g/mol. The van der Waals surface area contributed by atoms with Gasteiger partial charge in [-0.15, -0.1) is 0 Å². The van der Waals surface area contributed by atoms with Crippen molar-refractivity contribution in [3.63, 3.8) is 0 Å². The first-order valence-corrected chi connectivity index (χ1v) is 7.45. The fraction of sp³-hybridized carbons (Fsp3) is 0.364. The van der Waals surface area contributed by atoms with Crippen molar-refractivity contribution in [2.24, 2.45) is 0 Å². The zero-order valence-corrected chi connectivity index (χ0v) is 11.9. The molecule has 0 heterocycles. The molecule has 0 aliphatic carbocycles. The number of carboxylic acids is 1. The van der Waals surface area contributed by atoms with Crippen LogP contribution in [0.25, 0.3) is 0 Å². The van der Waals surface area contributed by atoms with Gasteiger partial charge in [-0.3, -0.25) is 0 Å². The Hall–Kier alpha value is -1.19. The molecule has 0 atom stereocenters. The van der Waals surface area contributed by atoms with Gasteiger partial charge in [0, 0.05) is 6.54 Å². The van der Waals surface area contributed by atoms with Crippen molar-refractivity contribution in [3.05, 3.63) is 28.8 Å². The number of aliphatic hydroxyl groups excluding tert-OH is 1. The topological polar surface area (TPSA) is 113 Å². The van der Waals surface area contributed by atoms with Crippen molar-refractivity contribution < 1.29 is 28.2 Å². The van der Waals surface area contributed by atoms with Crippen LogP contribution in [0.15, 0.2) is 23.1 Å². The maximum atomic E-state index is 12.0. The van der Waals surface area contributed by atoms with E-state index >= 15 is 0 Å². The quantitative estimate of drug-likeness (QED) is 0.594. The van der Waals surface area contributed by atoms with Gasteiger partial charge in [0.25, 0.3) is 0 Å². The summed E-state index contributed by atoms with van der Waals surface area (Å²) in [6, 6.07) is 3.41. The maximum absolute atomic E-state index is 12.0. The van der Waals surface area contributed by atoms with Gasteiger partial charge in [-0.25, -0.2) is 17.9 Å². The molecule has 7 nitrogen and oxygen atoms in total. The number of rotatable bonds is 8. The summed E-state index contributed by atoms with van der Waals surface area (Å²) in [5.41, 5.74) is -0.175. The summed E-state index contributed by atoms with van der Waals surface area (Å²) in [7, 11) is -3.92. The smallest absolute Gasteiger partial charge is 0.335 e. The molecule has 0 aliphatic heterocycles. The predicted molar refractivity (Wildman–Crippen MR) is 71.5 cm³/mol. The van der Waals surface area contributed by atoms with E-state index in [0.29, 0.717) is 0 Å². The molecule has 0 unspecified atom stereocenters. The van der Waals surface area contributed by atoms with Crippen LogP contribution in [0.2, 0.25) is 5.02 Å². The lowest BCUT2D eigenvalue weighted by Gasteiger charge is -2.09. The lowest BCUT2D eigenvalue weighted by Crippen LogP contribution is -2.28. The molecule has 3 N–H and O–H groups in total. The number of aliphatic hydroxyl groups is 1. The highest BCUT2D eigenvalue weighted by molar-refractivity contribution is 7.89. The van der Waals surface area contributed by atoms with Crippen molar-refractivity contribution in [2.75, 3.05) is 26.4 Å². The number of aromatic carboxylic acids is 1. The largest absolute Gasteiger partial charge is 0.478 e. The molecule has 0 saturated carbocycles. The van der Waals surface area contributed by atoms with Crippen LogP contribution in [-0.2, 0) is 14.8 Å². The zero-order chi connectivity index (χ0) is 15.2. The van der Waals surface area contributed by atoms with E-state index in [0.717, 1.165) is 6.07 Å². The lowest BCUT2D eigenvalue weighted by atomic mass is 10.2. The number of benzene rings is 1. The Balaban J connectivity index is 2.81. The number of carbonyl (C=O) groups is 1. The molecule has 0 amide bonds. The average molecular weight is 324 g/mol. The van der Waals surface area contributed by atoms with E-state index in [4.69, 9.17) is 26.6 Å². The van der Waals surface area contributed by atoms with E-state index in [1.807, 2.05) is 0 Å². The van der Waals surface area contributed by atoms with Gasteiger partial charge >= 0.3 is 5.97 Å². The predicted octanol–water partition coefficient (Wildman–Crippen LogP) is 0.325. The second kappa shape index (κ2) is 7.55. The van der Waals surface area contributed by atoms with Crippen LogP contribution >= 0.6 is 11.6 Å². The molecule has 1 aromatic rings. The Morgan fingerprint density at radius 2 is 2.05 bits per heavy atom. The Labute approximate surface area is 121 Å². The van der Waals surface area contributed by atoms with Gasteiger partial charge in [0.15, 0.2) is 0 Å². The highest BCUT2D eigenvalue weighted by atomic mass is 35.5. The Bertz CT molecular complexity index is 574. The SMILES string of the molecule is O=C(O)c1ccc(Cl)c(S(=O)(=O)NCCOCCO)c1. The zero-order valence-electron chi connectivity index (χ0n) is 10.4. The number of sulfonamides is 1. The first-order valence-electron chi connectivity index (χ1n) is 5.59. The van der Waals surface area contributed by atoms with Crippen molar-refractivity contribution in [3.8, 4) is 0 Å². The van der Waals surface area contributed by atoms with Gasteiger partial charge in [-0.1, -0.05) is 11.6 Å². The number of halogens is 1. The Morgan fingerprint density at radius 3 is 2.65 bits per heavy atom. The Morgan fingerprint density at radius 1 is 1.35 bits per heavy atom. The van der Waals surface area contributed by atoms with Crippen LogP contribution in [-0.4, -0.2) is 51.0 Å². The molecule has 9 heteroatoms. The molecule has 0 aliphatic rings. The van der Waals surface area contributed by atoms with E-state index in [1.165, 1.54) is 12.1 Å². The van der Waals surface area contributed by atoms with Gasteiger partial charge in [0.05, 0.1) is 30.4 Å². The van der Waals surface area contributed by atoms with Gasteiger partial charge in [0.1, 0.15) is 4.90 Å². The minimum absolute atomic E-state index is 0.0179. The van der Waals surface area contributed by atoms with E-state index < -0.39 is 16.0 Å². The van der Waals surface area contributed by atoms with Gasteiger partial charge in [-0.2, -0.15) is 0 Å². The van der Waals surface area contributed by atoms with E-state index in [-0.39, 0.29) is 41.8 Å². The third-order valence-electron chi connectivity index (χ3n) is 2.24. The molecule has 20 heavy (non-hydrogen) atoms. The fourth-order valence-corrected chi connectivity index (χ4v) is 2.87. The van der Waals surface area contributed by atoms with Gasteiger partial charge in [-0.05, 0) is 18.2 Å². The van der Waals surface area contributed by atoms with Crippen LogP contribution in [0.3, 0.4) is 0 Å². The van der Waals surface area contributed by atoms with Crippen LogP contribution in [0.4, 0.5) is 0 Å². The molecular weight excluding hydrogens is 310 g/mol. The normalized spacial score (nSPS) is 11.5. The van der Waals surface area contributed by atoms with E-state index in [1.54, 1.807) is 0 Å². The van der Waals surface area contributed by atoms with Gasteiger partial charge in [0.2, 0.25) is 10.0 Å². The summed E-state index contributed by atoms with van der Waals surface area (Å²) >= 11 is 5.77. The molecule has 1 aromatic carbocycles. The number of hydrogen-bond donors (Lipinski definition) is 3. The molecule has 0 saturated heterocycles. The molecule has 0 bridgehead atoms. The maximum Gasteiger partial charge on any atom is 0.335 e. The van der Waals surface area contributed by atoms with Gasteiger partial charge < -0.3 is 14.9 Å². The first kappa shape index (κ1) is 16.9. The highest BCUT2D eigenvalue weighted by Crippen LogP contribution is 2.22. The molecule has 0 radical (unpaired) electrons. The average Bonchev–Trinajstić information content (AvgIpc) is 2.38. The molecule has 0 aromatic heterocycles. The van der Waals surface area contributed by atoms with Crippen molar-refractivity contribution >= 4 is 27.6 Å². The summed E-state index contributed by atoms with van der Waals surface area (Å²) in [4.78, 5) is 10.5. The number of hydrogen-bond acceptors (Lipinski definition) is 5. The molecule has 0 fully saturated rings. The Kier molecular flexibility index (Phi) is 6.37. The third-order valence-corrected chi connectivity index (χ3v) is 4.18. The van der Waals surface area contributed by atoms with Crippen LogP contribution in [0.1, 0.15) is 10.4 Å². The molecule has 0 spiro atoms. The third kappa shape index (κ3) is 4.73. The molecule has 112 valence electrons. The van der Waals surface area contributed by atoms with Crippen molar-refractivity contribution in [1.29, 1.82) is 0 Å². The summed E-state index contributed by atoms with van der Waals surface area (Å²) in [6.07, 6.45) is 0. The number of nitrogens with one attached hydrogen (secondary N) is 1. The lowest BCUT2D eigenvalue weighted by molar-refractivity contribution is 0.0696. The summed E-state index contributed by atoms with van der Waals surface area (Å²) in [6.45, 7) is 0.0161. The minimum Gasteiger partial charge on any atom is -0.478 e. The van der Waals surface area contributed by atoms with Crippen LogP contribution in [0.5, 0.6) is 0 Å². The summed E-state index contributed by atoms with van der Waals surface area (Å²) in [5.74, 6) is -1.25. The molecular formula is C11H14ClNO6S.